The molecule has 0 N–H and O–H groups in total. The molecule has 24 aromatic rings. The molecule has 0 aliphatic heterocycles. The number of nitrogens with zero attached hydrogens (tertiary/aromatic N) is 5. The molecule has 0 radical (unpaired) electrons. The van der Waals surface area contributed by atoms with E-state index in [-0.39, 0.29) is 0 Å². The lowest BCUT2D eigenvalue weighted by atomic mass is 9.87. The SMILES string of the molecule is N#Cc1ccc2c3c1ccc1c(-c4ccc(-c5cc6c7ccccc7c(-c7ccc8ccccc8c7)cc6c6ccccc56)cc4)ccc(c13)n2-c1ccccc1.N#Cc1ccc2c3c1ccc1c(-c4ccc(-c5cc6c7ccccc7c(-c7cccc(-c8ccccc8)n7)cc6c6ccccc56)cc4)ccc(c13)n2-c1ccccc1. The molecule has 5 heteroatoms. The van der Waals surface area contributed by atoms with Crippen molar-refractivity contribution in [1.29, 1.82) is 10.5 Å². The molecule has 0 saturated carbocycles. The van der Waals surface area contributed by atoms with Gasteiger partial charge in [-0.3, -0.25) is 0 Å². The fraction of sp³-hybridized carbons (Fsp3) is 0. The standard InChI is InChI=1S/C56H33N3.C55H32N2/c57-34-38-26-30-53-55-41(38)27-28-46-40(29-31-54(56(46)55)59(53)39-14-5-2-6-15-39)35-22-24-36(25-23-35)47-32-48-44-18-9-10-19-45(44)50(33-49(48)43-17-8-7-16-42(43)47)52-21-11-20-51(58-52)37-12-3-1-4-13-37;56-33-39-24-28-52-54-42(39)25-26-47-41(27-29-53(55(47)54)57(52)40-12-2-1-3-13-40)35-19-21-36(22-20-35)48-31-50-46-17-9-7-15-44(46)49(32-51(50)45-16-8-6-14-43(45)48)38-23-18-34-10-4-5-11-37(34)30-38/h1-33H;1-32H. The summed E-state index contributed by atoms with van der Waals surface area (Å²) < 4.78 is 4.66. The second-order valence-electron chi connectivity index (χ2n) is 30.5. The highest BCUT2D eigenvalue weighted by Gasteiger charge is 2.25. The number of hydrogen-bond donors (Lipinski definition) is 0. The van der Waals surface area contributed by atoms with Crippen LogP contribution in [0.15, 0.2) is 394 Å². The average Bonchev–Trinajstić information content (AvgIpc) is 1.58. The Bertz CT molecular complexity index is 8250. The summed E-state index contributed by atoms with van der Waals surface area (Å²) in [5.41, 5.74) is 24.2. The predicted octanol–water partition coefficient (Wildman–Crippen LogP) is 29.6. The Morgan fingerprint density at radius 1 is 0.190 bits per heavy atom. The second kappa shape index (κ2) is 26.4. The molecule has 0 spiro atoms. The van der Waals surface area contributed by atoms with Crippen molar-refractivity contribution in [2.45, 2.75) is 0 Å². The van der Waals surface area contributed by atoms with E-state index in [0.717, 1.165) is 88.6 Å². The van der Waals surface area contributed by atoms with Crippen LogP contribution in [0.3, 0.4) is 0 Å². The van der Waals surface area contributed by atoms with Crippen LogP contribution >= 0.6 is 0 Å². The number of fused-ring (bicyclic) bond motifs is 11. The van der Waals surface area contributed by atoms with Gasteiger partial charge in [0.05, 0.1) is 56.7 Å². The van der Waals surface area contributed by atoms with Crippen molar-refractivity contribution in [3.63, 3.8) is 0 Å². The molecule has 116 heavy (non-hydrogen) atoms. The molecule has 24 rings (SSSR count). The number of para-hydroxylation sites is 2. The summed E-state index contributed by atoms with van der Waals surface area (Å²) in [5, 5.41) is 46.5. The lowest BCUT2D eigenvalue weighted by Crippen LogP contribution is -1.93. The van der Waals surface area contributed by atoms with Crippen molar-refractivity contribution in [1.82, 2.24) is 14.1 Å². The van der Waals surface area contributed by atoms with E-state index in [1.54, 1.807) is 0 Å². The molecule has 21 aromatic carbocycles. The van der Waals surface area contributed by atoms with Gasteiger partial charge in [-0.25, -0.2) is 4.98 Å². The van der Waals surface area contributed by atoms with Gasteiger partial charge in [0.25, 0.3) is 0 Å². The number of rotatable bonds is 9. The van der Waals surface area contributed by atoms with E-state index in [0.29, 0.717) is 11.1 Å². The average molecular weight is 1470 g/mol. The summed E-state index contributed by atoms with van der Waals surface area (Å²) in [7, 11) is 0. The van der Waals surface area contributed by atoms with Gasteiger partial charge in [-0.2, -0.15) is 10.5 Å². The van der Waals surface area contributed by atoms with E-state index in [2.05, 4.69) is 391 Å². The van der Waals surface area contributed by atoms with E-state index in [9.17, 15) is 10.5 Å². The zero-order chi connectivity index (χ0) is 76.6. The maximum absolute atomic E-state index is 10.1. The molecular weight excluding hydrogens is 1400 g/mol. The molecule has 3 aromatic heterocycles. The Morgan fingerprint density at radius 2 is 0.517 bits per heavy atom. The fourth-order valence-corrected chi connectivity index (χ4v) is 19.1. The summed E-state index contributed by atoms with van der Waals surface area (Å²) in [6.45, 7) is 0. The van der Waals surface area contributed by atoms with Gasteiger partial charge in [0.1, 0.15) is 0 Å². The number of hydrogen-bond acceptors (Lipinski definition) is 3. The van der Waals surface area contributed by atoms with Gasteiger partial charge < -0.3 is 9.13 Å². The zero-order valence-corrected chi connectivity index (χ0v) is 62.8. The zero-order valence-electron chi connectivity index (χ0n) is 62.8. The Morgan fingerprint density at radius 3 is 0.957 bits per heavy atom. The molecule has 0 saturated heterocycles. The minimum absolute atomic E-state index is 0.696. The number of nitriles is 2. The first-order chi connectivity index (χ1) is 57.5. The van der Waals surface area contributed by atoms with Crippen LogP contribution in [0.1, 0.15) is 11.1 Å². The third kappa shape index (κ3) is 10.3. The topological polar surface area (TPSA) is 70.3 Å². The molecule has 0 aliphatic carbocycles. The number of benzene rings is 21. The summed E-state index contributed by atoms with van der Waals surface area (Å²) in [4.78, 5) is 5.20. The highest BCUT2D eigenvalue weighted by molar-refractivity contribution is 6.30. The van der Waals surface area contributed by atoms with Crippen LogP contribution in [0.5, 0.6) is 0 Å². The fourth-order valence-electron chi connectivity index (χ4n) is 19.1. The van der Waals surface area contributed by atoms with Crippen molar-refractivity contribution in [3.8, 4) is 102 Å². The van der Waals surface area contributed by atoms with E-state index in [1.807, 2.05) is 24.3 Å². The van der Waals surface area contributed by atoms with Gasteiger partial charge in [-0.1, -0.05) is 291 Å². The summed E-state index contributed by atoms with van der Waals surface area (Å²) in [6.07, 6.45) is 0. The van der Waals surface area contributed by atoms with E-state index < -0.39 is 0 Å². The molecule has 5 nitrogen and oxygen atoms in total. The third-order valence-electron chi connectivity index (χ3n) is 24.4. The van der Waals surface area contributed by atoms with Crippen molar-refractivity contribution >= 4 is 141 Å². The molecule has 3 heterocycles. The van der Waals surface area contributed by atoms with E-state index >= 15 is 0 Å². The quantitative estimate of drug-likeness (QED) is 0.135. The predicted molar refractivity (Wildman–Crippen MR) is 487 cm³/mol. The molecule has 0 fully saturated rings. The van der Waals surface area contributed by atoms with Crippen LogP contribution in [0.4, 0.5) is 0 Å². The Kier molecular flexibility index (Phi) is 15.1. The van der Waals surface area contributed by atoms with Crippen molar-refractivity contribution < 1.29 is 0 Å². The molecule has 0 unspecified atom stereocenters. The van der Waals surface area contributed by atoms with Crippen molar-refractivity contribution in [2.24, 2.45) is 0 Å². The summed E-state index contributed by atoms with van der Waals surface area (Å²) >= 11 is 0. The number of aromatic nitrogens is 3. The Balaban J connectivity index is 0.000000137. The maximum Gasteiger partial charge on any atom is 0.0998 e. The smallest absolute Gasteiger partial charge is 0.0998 e. The van der Waals surface area contributed by atoms with Gasteiger partial charge in [-0.15, -0.1) is 0 Å². The molecule has 534 valence electrons. The first-order valence-electron chi connectivity index (χ1n) is 39.5. The summed E-state index contributed by atoms with van der Waals surface area (Å²) in [5.74, 6) is 0. The third-order valence-corrected chi connectivity index (χ3v) is 24.4. The van der Waals surface area contributed by atoms with Crippen molar-refractivity contribution in [2.75, 3.05) is 0 Å². The maximum atomic E-state index is 10.1. The van der Waals surface area contributed by atoms with Crippen LogP contribution in [0, 0.1) is 22.7 Å². The lowest BCUT2D eigenvalue weighted by molar-refractivity contribution is 1.18. The van der Waals surface area contributed by atoms with Crippen LogP contribution in [-0.2, 0) is 0 Å². The van der Waals surface area contributed by atoms with Gasteiger partial charge in [0, 0.05) is 54.8 Å². The Labute approximate surface area is 667 Å². The van der Waals surface area contributed by atoms with Crippen molar-refractivity contribution in [3.05, 3.63) is 405 Å². The van der Waals surface area contributed by atoms with Gasteiger partial charge in [0.15, 0.2) is 0 Å². The van der Waals surface area contributed by atoms with Crippen LogP contribution in [-0.4, -0.2) is 14.1 Å². The minimum atomic E-state index is 0.696. The summed E-state index contributed by atoms with van der Waals surface area (Å²) in [6, 6.07) is 147. The normalized spacial score (nSPS) is 11.8. The largest absolute Gasteiger partial charge is 0.309 e. The van der Waals surface area contributed by atoms with E-state index in [1.165, 1.54) is 141 Å². The van der Waals surface area contributed by atoms with Gasteiger partial charge in [-0.05, 0) is 245 Å². The monoisotopic (exact) mass is 1470 g/mol. The first kappa shape index (κ1) is 66.0. The first-order valence-corrected chi connectivity index (χ1v) is 39.5. The molecule has 0 aliphatic rings. The second-order valence-corrected chi connectivity index (χ2v) is 30.5. The van der Waals surface area contributed by atoms with Crippen LogP contribution in [0.25, 0.3) is 230 Å². The van der Waals surface area contributed by atoms with Gasteiger partial charge >= 0.3 is 0 Å². The van der Waals surface area contributed by atoms with E-state index in [4.69, 9.17) is 4.98 Å². The molecular formula is C111H65N5. The highest BCUT2D eigenvalue weighted by atomic mass is 15.0. The molecule has 0 atom stereocenters. The number of pyridine rings is 1. The highest BCUT2D eigenvalue weighted by Crippen LogP contribution is 2.49. The van der Waals surface area contributed by atoms with Crippen LogP contribution < -0.4 is 0 Å². The minimum Gasteiger partial charge on any atom is -0.309 e. The Hall–Kier alpha value is -15.8. The molecule has 0 bridgehead atoms. The van der Waals surface area contributed by atoms with Gasteiger partial charge in [0.2, 0.25) is 0 Å². The van der Waals surface area contributed by atoms with Crippen LogP contribution in [0.2, 0.25) is 0 Å². The molecule has 0 amide bonds. The lowest BCUT2D eigenvalue weighted by Gasteiger charge is -2.16.